The van der Waals surface area contributed by atoms with Crippen LogP contribution in [-0.4, -0.2) is 35.8 Å². The summed E-state index contributed by atoms with van der Waals surface area (Å²) < 4.78 is 0. The number of fused-ring (bicyclic) bond motifs is 1. The largest absolute Gasteiger partial charge is 0.390 e. The second-order valence-corrected chi connectivity index (χ2v) is 3.03. The molecule has 1 saturated heterocycles. The number of amidine groups is 1. The van der Waals surface area contributed by atoms with Crippen molar-refractivity contribution in [2.45, 2.75) is 12.3 Å². The number of hydrogen-bond donors (Lipinski definition) is 5. The maximum absolute atomic E-state index is 11.4. The fourth-order valence-electron chi connectivity index (χ4n) is 1.34. The van der Waals surface area contributed by atoms with Crippen molar-refractivity contribution in [3.8, 4) is 0 Å². The summed E-state index contributed by atoms with van der Waals surface area (Å²) in [5, 5.41) is 17.0. The topological polar surface area (TPSA) is 112 Å². The number of aliphatic hydroxyl groups is 1. The van der Waals surface area contributed by atoms with Crippen molar-refractivity contribution in [3.63, 3.8) is 0 Å². The highest BCUT2D eigenvalue weighted by molar-refractivity contribution is 6.09. The fraction of sp³-hybridized carbons (Fsp3) is 0.429. The van der Waals surface area contributed by atoms with Crippen LogP contribution in [0.2, 0.25) is 0 Å². The molecule has 2 heterocycles. The third-order valence-corrected chi connectivity index (χ3v) is 2.00. The predicted octanol–water partition coefficient (Wildman–Crippen LogP) is -2.85. The van der Waals surface area contributed by atoms with Crippen LogP contribution in [0.15, 0.2) is 16.9 Å². The second-order valence-electron chi connectivity index (χ2n) is 3.03. The molecule has 2 unspecified atom stereocenters. The summed E-state index contributed by atoms with van der Waals surface area (Å²) in [5.74, 6) is 0.215. The van der Waals surface area contributed by atoms with E-state index in [-0.39, 0.29) is 12.5 Å². The van der Waals surface area contributed by atoms with Crippen molar-refractivity contribution in [2.75, 3.05) is 6.61 Å². The van der Waals surface area contributed by atoms with Crippen molar-refractivity contribution >= 4 is 11.7 Å². The minimum atomic E-state index is -0.608. The first-order valence-electron chi connectivity index (χ1n) is 4.17. The predicted molar refractivity (Wildman–Crippen MR) is 48.8 cm³/mol. The van der Waals surface area contributed by atoms with Gasteiger partial charge in [-0.05, 0) is 0 Å². The van der Waals surface area contributed by atoms with Crippen LogP contribution in [0.5, 0.6) is 0 Å². The molecule has 0 aliphatic carbocycles. The van der Waals surface area contributed by atoms with Gasteiger partial charge < -0.3 is 21.1 Å². The molecule has 0 bridgehead atoms. The van der Waals surface area contributed by atoms with Gasteiger partial charge in [-0.1, -0.05) is 0 Å². The van der Waals surface area contributed by atoms with Gasteiger partial charge in [0.1, 0.15) is 5.84 Å². The van der Waals surface area contributed by atoms with Crippen molar-refractivity contribution in [3.05, 3.63) is 11.9 Å². The van der Waals surface area contributed by atoms with Crippen LogP contribution in [0.1, 0.15) is 0 Å². The number of hydrogen-bond acceptors (Lipinski definition) is 6. The molecular weight excluding hydrogens is 186 g/mol. The summed E-state index contributed by atoms with van der Waals surface area (Å²) in [4.78, 5) is 15.4. The lowest BCUT2D eigenvalue weighted by molar-refractivity contribution is -0.123. The molecule has 7 heteroatoms. The average Bonchev–Trinajstić information content (AvgIpc) is 2.17. The molecule has 76 valence electrons. The third-order valence-electron chi connectivity index (χ3n) is 2.00. The van der Waals surface area contributed by atoms with Crippen LogP contribution >= 0.6 is 0 Å². The summed E-state index contributed by atoms with van der Waals surface area (Å²) in [6, 6.07) is -0.582. The molecule has 2 aliphatic heterocycles. The molecule has 14 heavy (non-hydrogen) atoms. The lowest BCUT2D eigenvalue weighted by Gasteiger charge is -2.32. The summed E-state index contributed by atoms with van der Waals surface area (Å²) in [7, 11) is 0. The van der Waals surface area contributed by atoms with Crippen LogP contribution in [0.4, 0.5) is 0 Å². The molecule has 0 saturated carbocycles. The van der Waals surface area contributed by atoms with Gasteiger partial charge in [0, 0.05) is 0 Å². The minimum Gasteiger partial charge on any atom is -0.390 e. The monoisotopic (exact) mass is 197 g/mol. The molecule has 0 aromatic carbocycles. The van der Waals surface area contributed by atoms with Crippen LogP contribution in [0.25, 0.3) is 0 Å². The molecule has 7 nitrogen and oxygen atoms in total. The van der Waals surface area contributed by atoms with Gasteiger partial charge in [0.2, 0.25) is 0 Å². The number of aliphatic hydroxyl groups excluding tert-OH is 1. The van der Waals surface area contributed by atoms with Crippen molar-refractivity contribution in [2.24, 2.45) is 10.7 Å². The third kappa shape index (κ3) is 1.42. The van der Waals surface area contributed by atoms with Gasteiger partial charge in [-0.25, -0.2) is 4.99 Å². The first-order valence-corrected chi connectivity index (χ1v) is 4.17. The molecule has 2 atom stereocenters. The van der Waals surface area contributed by atoms with E-state index >= 15 is 0 Å². The zero-order valence-corrected chi connectivity index (χ0v) is 7.32. The molecule has 0 spiro atoms. The Hall–Kier alpha value is -1.60. The van der Waals surface area contributed by atoms with Crippen molar-refractivity contribution < 1.29 is 9.90 Å². The highest BCUT2D eigenvalue weighted by Gasteiger charge is 2.33. The number of nitrogens with two attached hydrogens (primary N) is 1. The van der Waals surface area contributed by atoms with E-state index in [0.29, 0.717) is 11.5 Å². The normalized spacial score (nSPS) is 30.3. The first-order chi connectivity index (χ1) is 6.70. The van der Waals surface area contributed by atoms with Crippen LogP contribution in [0, 0.1) is 0 Å². The van der Waals surface area contributed by atoms with Gasteiger partial charge in [-0.3, -0.25) is 10.5 Å². The molecule has 0 radical (unpaired) electrons. The lowest BCUT2D eigenvalue weighted by atomic mass is 10.1. The standard InChI is InChI=1S/C7H11N5O2/c8-7-11-5-4(6(14)12-7)10-3(2-13)1-9-5/h1,4,7,10,13H,2,8H2,(H,9,11)(H,12,14). The molecule has 1 fully saturated rings. The van der Waals surface area contributed by atoms with Gasteiger partial charge in [0.05, 0.1) is 18.5 Å². The van der Waals surface area contributed by atoms with Gasteiger partial charge in [0.15, 0.2) is 12.3 Å². The highest BCUT2D eigenvalue weighted by Crippen LogP contribution is 2.04. The van der Waals surface area contributed by atoms with Crippen molar-refractivity contribution in [1.29, 1.82) is 0 Å². The Morgan fingerprint density at radius 2 is 2.29 bits per heavy atom. The van der Waals surface area contributed by atoms with Crippen LogP contribution < -0.4 is 21.7 Å². The molecule has 0 aromatic heterocycles. The van der Waals surface area contributed by atoms with E-state index in [4.69, 9.17) is 10.8 Å². The van der Waals surface area contributed by atoms with Gasteiger partial charge in [-0.2, -0.15) is 0 Å². The Labute approximate surface area is 80.1 Å². The molecule has 6 N–H and O–H groups in total. The van der Waals surface area contributed by atoms with Crippen molar-refractivity contribution in [1.82, 2.24) is 16.0 Å². The van der Waals surface area contributed by atoms with Crippen LogP contribution in [0.3, 0.4) is 0 Å². The smallest absolute Gasteiger partial charge is 0.252 e. The van der Waals surface area contributed by atoms with E-state index in [1.54, 1.807) is 0 Å². The minimum absolute atomic E-state index is 0.174. The van der Waals surface area contributed by atoms with E-state index in [0.717, 1.165) is 0 Å². The number of aliphatic imine (C=N–C) groups is 1. The molecule has 2 rings (SSSR count). The quantitative estimate of drug-likeness (QED) is 0.311. The Balaban J connectivity index is 2.22. The molecule has 2 aliphatic rings. The van der Waals surface area contributed by atoms with Gasteiger partial charge in [0.25, 0.3) is 5.91 Å². The SMILES string of the molecule is NC1NC(=O)C2NC(CO)=CN=C2N1. The fourth-order valence-corrected chi connectivity index (χ4v) is 1.34. The maximum Gasteiger partial charge on any atom is 0.252 e. The molecule has 0 aromatic rings. The summed E-state index contributed by atoms with van der Waals surface area (Å²) in [6.07, 6.45) is 0.854. The molecule has 1 amide bonds. The summed E-state index contributed by atoms with van der Waals surface area (Å²) in [6.45, 7) is -0.174. The zero-order chi connectivity index (χ0) is 10.1. The van der Waals surface area contributed by atoms with E-state index in [1.165, 1.54) is 6.20 Å². The average molecular weight is 197 g/mol. The van der Waals surface area contributed by atoms with E-state index in [2.05, 4.69) is 20.9 Å². The summed E-state index contributed by atoms with van der Waals surface area (Å²) >= 11 is 0. The number of nitrogens with one attached hydrogen (secondary N) is 3. The highest BCUT2D eigenvalue weighted by atomic mass is 16.3. The van der Waals surface area contributed by atoms with Gasteiger partial charge >= 0.3 is 0 Å². The van der Waals surface area contributed by atoms with Gasteiger partial charge in [-0.15, -0.1) is 0 Å². The Morgan fingerprint density at radius 3 is 3.00 bits per heavy atom. The molecular formula is C7H11N5O2. The Morgan fingerprint density at radius 1 is 1.50 bits per heavy atom. The van der Waals surface area contributed by atoms with E-state index in [1.807, 2.05) is 0 Å². The van der Waals surface area contributed by atoms with Crippen LogP contribution in [-0.2, 0) is 4.79 Å². The number of nitrogens with zero attached hydrogens (tertiary/aromatic N) is 1. The second kappa shape index (κ2) is 3.28. The lowest BCUT2D eigenvalue weighted by Crippen LogP contribution is -2.69. The number of carbonyl (C=O) groups excluding carboxylic acids is 1. The number of amides is 1. The maximum atomic E-state index is 11.4. The van der Waals surface area contributed by atoms with E-state index in [9.17, 15) is 4.79 Å². The van der Waals surface area contributed by atoms with E-state index < -0.39 is 12.3 Å². The Kier molecular flexibility index (Phi) is 2.10. The number of carbonyl (C=O) groups is 1. The Bertz CT molecular complexity index is 324. The summed E-state index contributed by atoms with van der Waals surface area (Å²) in [5.41, 5.74) is 5.98. The number of rotatable bonds is 1. The first kappa shape index (κ1) is 8.97. The zero-order valence-electron chi connectivity index (χ0n) is 7.32.